The zero-order valence-electron chi connectivity index (χ0n) is 15.6. The highest BCUT2D eigenvalue weighted by Gasteiger charge is 2.41. The molecule has 2 aliphatic carbocycles. The molecule has 0 spiro atoms. The summed E-state index contributed by atoms with van der Waals surface area (Å²) in [7, 11) is 0. The lowest BCUT2D eigenvalue weighted by atomic mass is 9.99. The molecule has 0 saturated heterocycles. The summed E-state index contributed by atoms with van der Waals surface area (Å²) in [6.45, 7) is 0. The van der Waals surface area contributed by atoms with Gasteiger partial charge in [0.05, 0.1) is 0 Å². The van der Waals surface area contributed by atoms with E-state index in [1.54, 1.807) is 12.3 Å². The molecule has 2 aromatic rings. The van der Waals surface area contributed by atoms with Crippen molar-refractivity contribution in [2.45, 2.75) is 56.9 Å². The van der Waals surface area contributed by atoms with Crippen molar-refractivity contribution in [3.05, 3.63) is 47.7 Å². The molecule has 2 unspecified atom stereocenters. The summed E-state index contributed by atoms with van der Waals surface area (Å²) in [6, 6.07) is 6.69. The molecular weight excluding hydrogens is 362 g/mol. The second kappa shape index (κ2) is 7.86. The third kappa shape index (κ3) is 4.01. The van der Waals surface area contributed by atoms with E-state index in [9.17, 15) is 13.6 Å². The molecule has 148 valence electrons. The van der Waals surface area contributed by atoms with Gasteiger partial charge >= 0.3 is 5.97 Å². The molecular formula is C22H24F2N2O2. The van der Waals surface area contributed by atoms with E-state index in [1.807, 2.05) is 6.07 Å². The Bertz CT molecular complexity index is 858. The Morgan fingerprint density at radius 1 is 1.21 bits per heavy atom. The van der Waals surface area contributed by atoms with Crippen LogP contribution in [0, 0.1) is 17.6 Å². The van der Waals surface area contributed by atoms with Crippen LogP contribution in [-0.2, 0) is 4.79 Å². The summed E-state index contributed by atoms with van der Waals surface area (Å²) < 4.78 is 29.6. The monoisotopic (exact) mass is 386 g/mol. The van der Waals surface area contributed by atoms with Gasteiger partial charge in [0.1, 0.15) is 17.5 Å². The molecule has 2 N–H and O–H groups in total. The first kappa shape index (κ1) is 18.8. The third-order valence-electron chi connectivity index (χ3n) is 5.92. The largest absolute Gasteiger partial charge is 0.481 e. The lowest BCUT2D eigenvalue weighted by Gasteiger charge is -2.16. The van der Waals surface area contributed by atoms with Gasteiger partial charge in [-0.25, -0.2) is 13.8 Å². The van der Waals surface area contributed by atoms with Crippen LogP contribution in [0.4, 0.5) is 14.6 Å². The number of carbonyl (C=O) groups is 1. The fraction of sp³-hybridized carbons (Fsp3) is 0.455. The average molecular weight is 386 g/mol. The molecule has 0 bridgehead atoms. The predicted octanol–water partition coefficient (Wildman–Crippen LogP) is 5.35. The quantitative estimate of drug-likeness (QED) is 0.673. The second-order valence-electron chi connectivity index (χ2n) is 7.91. The van der Waals surface area contributed by atoms with Gasteiger partial charge in [0.15, 0.2) is 0 Å². The average Bonchev–Trinajstić information content (AvgIpc) is 3.22. The first-order valence-electron chi connectivity index (χ1n) is 9.95. The van der Waals surface area contributed by atoms with Gasteiger partial charge in [0.2, 0.25) is 0 Å². The van der Waals surface area contributed by atoms with E-state index in [0.717, 1.165) is 12.8 Å². The van der Waals surface area contributed by atoms with Gasteiger partial charge in [-0.2, -0.15) is 0 Å². The number of hydrogen-bond donors (Lipinski definition) is 2. The fourth-order valence-corrected chi connectivity index (χ4v) is 4.34. The maximum atomic E-state index is 14.8. The van der Waals surface area contributed by atoms with Gasteiger partial charge in [-0.1, -0.05) is 12.8 Å². The maximum Gasteiger partial charge on any atom is 0.303 e. The Morgan fingerprint density at radius 2 is 1.93 bits per heavy atom. The van der Waals surface area contributed by atoms with Crippen LogP contribution in [0.2, 0.25) is 0 Å². The lowest BCUT2D eigenvalue weighted by molar-refractivity contribution is -0.137. The molecule has 4 rings (SSSR count). The van der Waals surface area contributed by atoms with Crippen LogP contribution in [-0.4, -0.2) is 22.1 Å². The van der Waals surface area contributed by atoms with Gasteiger partial charge in [-0.3, -0.25) is 4.79 Å². The molecule has 1 aromatic carbocycles. The van der Waals surface area contributed by atoms with Gasteiger partial charge < -0.3 is 10.4 Å². The van der Waals surface area contributed by atoms with Crippen molar-refractivity contribution in [3.63, 3.8) is 0 Å². The van der Waals surface area contributed by atoms with Gasteiger partial charge in [0, 0.05) is 29.8 Å². The Labute approximate surface area is 163 Å². The zero-order chi connectivity index (χ0) is 19.7. The summed E-state index contributed by atoms with van der Waals surface area (Å²) in [5.41, 5.74) is 1.25. The minimum Gasteiger partial charge on any atom is -0.481 e. The Hall–Kier alpha value is -2.50. The SMILES string of the molecule is O=C(O)CCC1CC1c1c(F)cc(-c2cccnc2NC2CCCC2)cc1F. The molecule has 2 aliphatic rings. The number of carboxylic acid groups (broad SMARTS) is 1. The Kier molecular flexibility index (Phi) is 5.29. The van der Waals surface area contributed by atoms with Crippen molar-refractivity contribution in [1.82, 2.24) is 4.98 Å². The summed E-state index contributed by atoms with van der Waals surface area (Å²) in [6.07, 6.45) is 7.34. The standard InChI is InChI=1S/C22H24F2N2O2/c23-18-11-14(12-19(24)21(18)17-10-13(17)7-8-20(27)28)16-6-3-9-25-22(16)26-15-4-1-2-5-15/h3,6,9,11-13,15,17H,1-2,4-5,7-8,10H2,(H,25,26)(H,27,28). The number of nitrogens with zero attached hydrogens (tertiary/aromatic N) is 1. The smallest absolute Gasteiger partial charge is 0.303 e. The van der Waals surface area contributed by atoms with Crippen molar-refractivity contribution >= 4 is 11.8 Å². The predicted molar refractivity (Wildman–Crippen MR) is 103 cm³/mol. The van der Waals surface area contributed by atoms with E-state index in [0.29, 0.717) is 35.8 Å². The highest BCUT2D eigenvalue weighted by atomic mass is 19.1. The number of carboxylic acids is 1. The molecule has 0 radical (unpaired) electrons. The number of halogens is 2. The van der Waals surface area contributed by atoms with Crippen LogP contribution in [0.3, 0.4) is 0 Å². The lowest BCUT2D eigenvalue weighted by Crippen LogP contribution is -2.16. The molecule has 6 heteroatoms. The molecule has 4 nitrogen and oxygen atoms in total. The summed E-state index contributed by atoms with van der Waals surface area (Å²) in [4.78, 5) is 15.1. The first-order chi connectivity index (χ1) is 13.5. The van der Waals surface area contributed by atoms with E-state index in [-0.39, 0.29) is 23.8 Å². The van der Waals surface area contributed by atoms with Crippen molar-refractivity contribution in [2.24, 2.45) is 5.92 Å². The van der Waals surface area contributed by atoms with Crippen LogP contribution in [0.1, 0.15) is 56.4 Å². The summed E-state index contributed by atoms with van der Waals surface area (Å²) in [5.74, 6) is -1.52. The number of rotatable bonds is 7. The van der Waals surface area contributed by atoms with E-state index in [4.69, 9.17) is 5.11 Å². The van der Waals surface area contributed by atoms with E-state index in [1.165, 1.54) is 25.0 Å². The van der Waals surface area contributed by atoms with Gasteiger partial charge in [-0.05, 0) is 67.3 Å². The highest BCUT2D eigenvalue weighted by Crippen LogP contribution is 2.52. The van der Waals surface area contributed by atoms with E-state index >= 15 is 0 Å². The summed E-state index contributed by atoms with van der Waals surface area (Å²) >= 11 is 0. The number of anilines is 1. The number of hydrogen-bond acceptors (Lipinski definition) is 3. The molecule has 0 amide bonds. The minimum atomic E-state index is -0.874. The summed E-state index contributed by atoms with van der Waals surface area (Å²) in [5, 5.41) is 12.2. The first-order valence-corrected chi connectivity index (χ1v) is 9.95. The highest BCUT2D eigenvalue weighted by molar-refractivity contribution is 5.75. The number of pyridine rings is 1. The van der Waals surface area contributed by atoms with Gasteiger partial charge in [0.25, 0.3) is 0 Å². The van der Waals surface area contributed by atoms with Crippen LogP contribution < -0.4 is 5.32 Å². The van der Waals surface area contributed by atoms with Crippen molar-refractivity contribution in [3.8, 4) is 11.1 Å². The molecule has 1 heterocycles. The maximum absolute atomic E-state index is 14.8. The zero-order valence-corrected chi connectivity index (χ0v) is 15.6. The van der Waals surface area contributed by atoms with Gasteiger partial charge in [-0.15, -0.1) is 0 Å². The molecule has 1 aromatic heterocycles. The number of nitrogens with one attached hydrogen (secondary N) is 1. The van der Waals surface area contributed by atoms with Crippen molar-refractivity contribution < 1.29 is 18.7 Å². The Balaban J connectivity index is 1.56. The van der Waals surface area contributed by atoms with Crippen molar-refractivity contribution in [1.29, 1.82) is 0 Å². The van der Waals surface area contributed by atoms with Crippen molar-refractivity contribution in [2.75, 3.05) is 5.32 Å². The molecule has 0 aliphatic heterocycles. The van der Waals surface area contributed by atoms with Crippen LogP contribution >= 0.6 is 0 Å². The van der Waals surface area contributed by atoms with Crippen LogP contribution in [0.5, 0.6) is 0 Å². The molecule has 2 fully saturated rings. The van der Waals surface area contributed by atoms with Crippen LogP contribution in [0.25, 0.3) is 11.1 Å². The topological polar surface area (TPSA) is 62.2 Å². The Morgan fingerprint density at radius 3 is 2.61 bits per heavy atom. The molecule has 2 atom stereocenters. The fourth-order valence-electron chi connectivity index (χ4n) is 4.34. The van der Waals surface area contributed by atoms with E-state index in [2.05, 4.69) is 10.3 Å². The van der Waals surface area contributed by atoms with E-state index < -0.39 is 17.6 Å². The normalized spacial score (nSPS) is 21.6. The third-order valence-corrected chi connectivity index (χ3v) is 5.92. The minimum absolute atomic E-state index is 0.0361. The van der Waals surface area contributed by atoms with Crippen LogP contribution in [0.15, 0.2) is 30.5 Å². The number of aromatic nitrogens is 1. The molecule has 28 heavy (non-hydrogen) atoms. The number of benzene rings is 1. The second-order valence-corrected chi connectivity index (χ2v) is 7.91. The number of aliphatic carboxylic acids is 1. The molecule has 2 saturated carbocycles.